The lowest BCUT2D eigenvalue weighted by Gasteiger charge is -2.23. The number of fused-ring (bicyclic) bond motifs is 1. The Balaban J connectivity index is 1.49. The molecule has 1 aromatic heterocycles. The SMILES string of the molecule is CN(Cc1ccncc1)C(=O)C1CCN(c2ccc3ccc(O)c(C=O)c3c2)C1. The highest BCUT2D eigenvalue weighted by Crippen LogP contribution is 2.32. The Morgan fingerprint density at radius 1 is 1.24 bits per heavy atom. The van der Waals surface area contributed by atoms with Gasteiger partial charge in [0.25, 0.3) is 0 Å². The number of hydrogen-bond acceptors (Lipinski definition) is 5. The minimum absolute atomic E-state index is 0.0168. The van der Waals surface area contributed by atoms with Crippen LogP contribution in [-0.4, -0.2) is 47.3 Å². The molecule has 0 radical (unpaired) electrons. The molecule has 1 aliphatic rings. The molecule has 0 spiro atoms. The highest BCUT2D eigenvalue weighted by molar-refractivity contribution is 6.02. The minimum atomic E-state index is -0.0627. The second-order valence-corrected chi connectivity index (χ2v) is 7.50. The molecule has 1 fully saturated rings. The molecule has 1 saturated heterocycles. The molecule has 6 heteroatoms. The maximum atomic E-state index is 12.9. The van der Waals surface area contributed by atoms with E-state index in [1.165, 1.54) is 6.07 Å². The van der Waals surface area contributed by atoms with Gasteiger partial charge in [0, 0.05) is 44.8 Å². The fourth-order valence-corrected chi connectivity index (χ4v) is 3.99. The van der Waals surface area contributed by atoms with Crippen molar-refractivity contribution < 1.29 is 14.7 Å². The van der Waals surface area contributed by atoms with E-state index in [1.807, 2.05) is 37.4 Å². The van der Waals surface area contributed by atoms with Crippen LogP contribution in [0, 0.1) is 5.92 Å². The quantitative estimate of drug-likeness (QED) is 0.678. The number of aldehydes is 1. The van der Waals surface area contributed by atoms with E-state index in [1.54, 1.807) is 23.4 Å². The van der Waals surface area contributed by atoms with Gasteiger partial charge in [-0.3, -0.25) is 14.6 Å². The summed E-state index contributed by atoms with van der Waals surface area (Å²) in [5.74, 6) is 0.0560. The predicted octanol–water partition coefficient (Wildman–Crippen LogP) is 3.24. The van der Waals surface area contributed by atoms with Gasteiger partial charge in [0.2, 0.25) is 5.91 Å². The zero-order chi connectivity index (χ0) is 20.4. The molecule has 6 nitrogen and oxygen atoms in total. The Hall–Kier alpha value is -3.41. The summed E-state index contributed by atoms with van der Waals surface area (Å²) in [6, 6.07) is 13.0. The molecule has 148 valence electrons. The van der Waals surface area contributed by atoms with Crippen molar-refractivity contribution >= 4 is 28.7 Å². The Morgan fingerprint density at radius 2 is 2.00 bits per heavy atom. The van der Waals surface area contributed by atoms with Crippen molar-refractivity contribution in [2.24, 2.45) is 5.92 Å². The van der Waals surface area contributed by atoms with E-state index in [9.17, 15) is 14.7 Å². The first-order chi connectivity index (χ1) is 14.1. The van der Waals surface area contributed by atoms with Crippen molar-refractivity contribution in [2.45, 2.75) is 13.0 Å². The van der Waals surface area contributed by atoms with Crippen LogP contribution in [0.3, 0.4) is 0 Å². The molecular formula is C23H23N3O3. The van der Waals surface area contributed by atoms with Crippen LogP contribution in [0.4, 0.5) is 5.69 Å². The number of phenols is 1. The number of carbonyl (C=O) groups is 2. The molecule has 0 aliphatic carbocycles. The van der Waals surface area contributed by atoms with Gasteiger partial charge in [0.1, 0.15) is 5.75 Å². The van der Waals surface area contributed by atoms with Crippen LogP contribution in [0.2, 0.25) is 0 Å². The topological polar surface area (TPSA) is 73.7 Å². The number of aromatic nitrogens is 1. The van der Waals surface area contributed by atoms with Crippen LogP contribution in [-0.2, 0) is 11.3 Å². The van der Waals surface area contributed by atoms with Gasteiger partial charge in [-0.2, -0.15) is 0 Å². The summed E-state index contributed by atoms with van der Waals surface area (Å²) in [5.41, 5.74) is 2.31. The number of phenolic OH excluding ortho intramolecular Hbond substituents is 1. The standard InChI is InChI=1S/C23H23N3O3/c1-25(13-16-6-9-24-10-7-16)23(29)18-8-11-26(14-18)19-4-2-17-3-5-22(28)21(15-27)20(17)12-19/h2-7,9-10,12,15,18,28H,8,11,13-14H2,1H3. The number of carbonyl (C=O) groups excluding carboxylic acids is 2. The molecular weight excluding hydrogens is 366 g/mol. The molecule has 1 aliphatic heterocycles. The normalized spacial score (nSPS) is 16.2. The molecule has 3 aromatic rings. The van der Waals surface area contributed by atoms with E-state index in [2.05, 4.69) is 9.88 Å². The first-order valence-corrected chi connectivity index (χ1v) is 9.66. The highest BCUT2D eigenvalue weighted by Gasteiger charge is 2.30. The fraction of sp³-hybridized carbons (Fsp3) is 0.261. The largest absolute Gasteiger partial charge is 0.507 e. The average Bonchev–Trinajstić information content (AvgIpc) is 3.23. The van der Waals surface area contributed by atoms with Crippen LogP contribution < -0.4 is 4.90 Å². The van der Waals surface area contributed by atoms with Gasteiger partial charge in [0.15, 0.2) is 6.29 Å². The van der Waals surface area contributed by atoms with E-state index in [-0.39, 0.29) is 17.6 Å². The molecule has 0 saturated carbocycles. The zero-order valence-electron chi connectivity index (χ0n) is 16.3. The van der Waals surface area contributed by atoms with Crippen molar-refractivity contribution in [1.82, 2.24) is 9.88 Å². The third-order valence-corrected chi connectivity index (χ3v) is 5.59. The van der Waals surface area contributed by atoms with Crippen LogP contribution >= 0.6 is 0 Å². The predicted molar refractivity (Wildman–Crippen MR) is 112 cm³/mol. The second kappa shape index (κ2) is 7.91. The van der Waals surface area contributed by atoms with E-state index in [4.69, 9.17) is 0 Å². The summed E-state index contributed by atoms with van der Waals surface area (Å²) < 4.78 is 0. The maximum absolute atomic E-state index is 12.9. The lowest BCUT2D eigenvalue weighted by Crippen LogP contribution is -2.34. The molecule has 1 N–H and O–H groups in total. The number of rotatable bonds is 5. The third kappa shape index (κ3) is 3.78. The van der Waals surface area contributed by atoms with Crippen molar-refractivity contribution in [3.63, 3.8) is 0 Å². The molecule has 29 heavy (non-hydrogen) atoms. The number of aromatic hydroxyl groups is 1. The van der Waals surface area contributed by atoms with E-state index in [0.29, 0.717) is 24.9 Å². The minimum Gasteiger partial charge on any atom is -0.507 e. The molecule has 4 rings (SSSR count). The van der Waals surface area contributed by atoms with E-state index in [0.717, 1.165) is 35.0 Å². The Bertz CT molecular complexity index is 1050. The van der Waals surface area contributed by atoms with E-state index < -0.39 is 0 Å². The van der Waals surface area contributed by atoms with E-state index >= 15 is 0 Å². The van der Waals surface area contributed by atoms with Crippen molar-refractivity contribution in [3.05, 3.63) is 66.0 Å². The summed E-state index contributed by atoms with van der Waals surface area (Å²) in [5, 5.41) is 11.6. The lowest BCUT2D eigenvalue weighted by atomic mass is 10.0. The highest BCUT2D eigenvalue weighted by atomic mass is 16.3. The summed E-state index contributed by atoms with van der Waals surface area (Å²) in [4.78, 5) is 32.2. The third-order valence-electron chi connectivity index (χ3n) is 5.59. The van der Waals surface area contributed by atoms with Crippen molar-refractivity contribution in [3.8, 4) is 5.75 Å². The van der Waals surface area contributed by atoms with Crippen LogP contribution in [0.15, 0.2) is 54.9 Å². The van der Waals surface area contributed by atoms with Gasteiger partial charge in [-0.05, 0) is 53.1 Å². The Morgan fingerprint density at radius 3 is 2.76 bits per heavy atom. The van der Waals surface area contributed by atoms with Gasteiger partial charge in [-0.15, -0.1) is 0 Å². The Labute approximate surface area is 169 Å². The second-order valence-electron chi connectivity index (χ2n) is 7.50. The monoisotopic (exact) mass is 389 g/mol. The van der Waals surface area contributed by atoms with Gasteiger partial charge >= 0.3 is 0 Å². The first-order valence-electron chi connectivity index (χ1n) is 9.66. The molecule has 1 amide bonds. The number of amides is 1. The maximum Gasteiger partial charge on any atom is 0.227 e. The van der Waals surface area contributed by atoms with Crippen LogP contribution in [0.1, 0.15) is 22.3 Å². The summed E-state index contributed by atoms with van der Waals surface area (Å²) in [7, 11) is 1.83. The molecule has 1 atom stereocenters. The van der Waals surface area contributed by atoms with Crippen molar-refractivity contribution in [1.29, 1.82) is 0 Å². The molecule has 2 aromatic carbocycles. The first kappa shape index (κ1) is 18.9. The number of anilines is 1. The van der Waals surface area contributed by atoms with Gasteiger partial charge < -0.3 is 14.9 Å². The summed E-state index contributed by atoms with van der Waals surface area (Å²) in [6.07, 6.45) is 4.94. The number of benzene rings is 2. The Kier molecular flexibility index (Phi) is 5.16. The molecule has 1 unspecified atom stereocenters. The summed E-state index contributed by atoms with van der Waals surface area (Å²) >= 11 is 0. The molecule has 2 heterocycles. The number of hydrogen-bond donors (Lipinski definition) is 1. The zero-order valence-corrected chi connectivity index (χ0v) is 16.3. The fourth-order valence-electron chi connectivity index (χ4n) is 3.99. The summed E-state index contributed by atoms with van der Waals surface area (Å²) in [6.45, 7) is 1.98. The van der Waals surface area contributed by atoms with Gasteiger partial charge in [-0.25, -0.2) is 0 Å². The van der Waals surface area contributed by atoms with Gasteiger partial charge in [-0.1, -0.05) is 12.1 Å². The number of nitrogens with zero attached hydrogens (tertiary/aromatic N) is 3. The smallest absolute Gasteiger partial charge is 0.227 e. The lowest BCUT2D eigenvalue weighted by molar-refractivity contribution is -0.134. The number of pyridine rings is 1. The van der Waals surface area contributed by atoms with Crippen LogP contribution in [0.25, 0.3) is 10.8 Å². The average molecular weight is 389 g/mol. The van der Waals surface area contributed by atoms with Gasteiger partial charge in [0.05, 0.1) is 11.5 Å². The van der Waals surface area contributed by atoms with Crippen LogP contribution in [0.5, 0.6) is 5.75 Å². The van der Waals surface area contributed by atoms with Crippen molar-refractivity contribution in [2.75, 3.05) is 25.0 Å². The molecule has 0 bridgehead atoms.